The predicted molar refractivity (Wildman–Crippen MR) is 77.0 cm³/mol. The van der Waals surface area contributed by atoms with E-state index in [0.717, 1.165) is 43.0 Å². The molecule has 0 spiro atoms. The quantitative estimate of drug-likeness (QED) is 0.866. The number of anilines is 1. The number of rotatable bonds is 6. The van der Waals surface area contributed by atoms with Crippen molar-refractivity contribution in [2.45, 2.75) is 33.1 Å². The Morgan fingerprint density at radius 3 is 2.68 bits per heavy atom. The molecule has 2 aromatic rings. The smallest absolute Gasteiger partial charge is 0.182 e. The summed E-state index contributed by atoms with van der Waals surface area (Å²) in [5.74, 6) is 1.59. The summed E-state index contributed by atoms with van der Waals surface area (Å²) >= 11 is 0. The molecule has 0 unspecified atom stereocenters. The average molecular weight is 259 g/mol. The van der Waals surface area contributed by atoms with Crippen molar-refractivity contribution in [2.75, 3.05) is 11.9 Å². The van der Waals surface area contributed by atoms with Gasteiger partial charge in [-0.3, -0.25) is 4.68 Å². The standard InChI is InChI=1S/C14H21N5/c1-4-6-11-10-13(15-8-5-2)17-14(16-11)12-7-9-19(3)18-12/h7,9-10H,4-6,8H2,1-3H3,(H,15,16,17). The van der Waals surface area contributed by atoms with Crippen molar-refractivity contribution in [1.82, 2.24) is 19.7 Å². The van der Waals surface area contributed by atoms with Crippen LogP contribution in [0.1, 0.15) is 32.4 Å². The fraction of sp³-hybridized carbons (Fsp3) is 0.500. The lowest BCUT2D eigenvalue weighted by Crippen LogP contribution is -2.06. The third-order valence-electron chi connectivity index (χ3n) is 2.78. The van der Waals surface area contributed by atoms with E-state index in [2.05, 4.69) is 34.2 Å². The topological polar surface area (TPSA) is 55.6 Å². The molecule has 0 aliphatic carbocycles. The van der Waals surface area contributed by atoms with Crippen molar-refractivity contribution in [3.63, 3.8) is 0 Å². The zero-order chi connectivity index (χ0) is 13.7. The van der Waals surface area contributed by atoms with Crippen molar-refractivity contribution in [2.24, 2.45) is 7.05 Å². The lowest BCUT2D eigenvalue weighted by molar-refractivity contribution is 0.767. The van der Waals surface area contributed by atoms with Gasteiger partial charge in [0.2, 0.25) is 0 Å². The highest BCUT2D eigenvalue weighted by atomic mass is 15.3. The molecule has 0 aliphatic rings. The van der Waals surface area contributed by atoms with Crippen LogP contribution in [0.2, 0.25) is 0 Å². The second kappa shape index (κ2) is 6.31. The summed E-state index contributed by atoms with van der Waals surface area (Å²) in [5, 5.41) is 7.69. The lowest BCUT2D eigenvalue weighted by Gasteiger charge is -2.08. The molecular weight excluding hydrogens is 238 g/mol. The van der Waals surface area contributed by atoms with Gasteiger partial charge in [0, 0.05) is 31.5 Å². The van der Waals surface area contributed by atoms with Crippen molar-refractivity contribution < 1.29 is 0 Å². The maximum atomic E-state index is 4.59. The monoisotopic (exact) mass is 259 g/mol. The Hall–Kier alpha value is -1.91. The molecule has 5 heteroatoms. The highest BCUT2D eigenvalue weighted by molar-refractivity contribution is 5.52. The van der Waals surface area contributed by atoms with Gasteiger partial charge in [0.25, 0.3) is 0 Å². The Kier molecular flexibility index (Phi) is 4.49. The van der Waals surface area contributed by atoms with E-state index in [1.807, 2.05) is 25.4 Å². The largest absolute Gasteiger partial charge is 0.370 e. The molecule has 5 nitrogen and oxygen atoms in total. The molecule has 2 aromatic heterocycles. The third-order valence-corrected chi connectivity index (χ3v) is 2.78. The third kappa shape index (κ3) is 3.53. The molecule has 0 aromatic carbocycles. The van der Waals surface area contributed by atoms with Gasteiger partial charge in [-0.15, -0.1) is 0 Å². The Balaban J connectivity index is 2.33. The van der Waals surface area contributed by atoms with Gasteiger partial charge < -0.3 is 5.32 Å². The molecule has 102 valence electrons. The Bertz CT molecular complexity index is 532. The van der Waals surface area contributed by atoms with Gasteiger partial charge in [0.1, 0.15) is 11.5 Å². The van der Waals surface area contributed by atoms with Crippen LogP contribution in [0.15, 0.2) is 18.3 Å². The minimum Gasteiger partial charge on any atom is -0.370 e. The van der Waals surface area contributed by atoms with Crippen LogP contribution >= 0.6 is 0 Å². The van der Waals surface area contributed by atoms with Crippen LogP contribution < -0.4 is 5.32 Å². The fourth-order valence-electron chi connectivity index (χ4n) is 1.87. The minimum absolute atomic E-state index is 0.699. The summed E-state index contributed by atoms with van der Waals surface area (Å²) in [5.41, 5.74) is 1.89. The maximum absolute atomic E-state index is 4.59. The van der Waals surface area contributed by atoms with E-state index in [0.29, 0.717) is 5.82 Å². The van der Waals surface area contributed by atoms with E-state index >= 15 is 0 Å². The summed E-state index contributed by atoms with van der Waals surface area (Å²) in [4.78, 5) is 9.13. The highest BCUT2D eigenvalue weighted by Crippen LogP contribution is 2.17. The normalized spacial score (nSPS) is 10.7. The number of aryl methyl sites for hydroxylation is 2. The molecule has 0 fully saturated rings. The van der Waals surface area contributed by atoms with E-state index in [9.17, 15) is 0 Å². The fourth-order valence-corrected chi connectivity index (χ4v) is 1.87. The Labute approximate surface area is 114 Å². The number of hydrogen-bond donors (Lipinski definition) is 1. The van der Waals surface area contributed by atoms with Gasteiger partial charge >= 0.3 is 0 Å². The zero-order valence-corrected chi connectivity index (χ0v) is 11.8. The van der Waals surface area contributed by atoms with Crippen LogP contribution in [0.3, 0.4) is 0 Å². The van der Waals surface area contributed by atoms with E-state index in [1.165, 1.54) is 0 Å². The van der Waals surface area contributed by atoms with Gasteiger partial charge in [0.05, 0.1) is 0 Å². The number of aromatic nitrogens is 4. The highest BCUT2D eigenvalue weighted by Gasteiger charge is 2.08. The molecule has 19 heavy (non-hydrogen) atoms. The molecule has 2 heterocycles. The van der Waals surface area contributed by atoms with Crippen LogP contribution in [0.25, 0.3) is 11.5 Å². The zero-order valence-electron chi connectivity index (χ0n) is 11.8. The van der Waals surface area contributed by atoms with Gasteiger partial charge in [-0.1, -0.05) is 20.3 Å². The molecule has 0 saturated carbocycles. The van der Waals surface area contributed by atoms with E-state index in [4.69, 9.17) is 0 Å². The predicted octanol–water partition coefficient (Wildman–Crippen LogP) is 2.65. The first-order valence-electron chi connectivity index (χ1n) is 6.84. The van der Waals surface area contributed by atoms with Crippen LogP contribution in [-0.4, -0.2) is 26.3 Å². The van der Waals surface area contributed by atoms with Crippen molar-refractivity contribution >= 4 is 5.82 Å². The Morgan fingerprint density at radius 2 is 2.05 bits per heavy atom. The molecule has 2 rings (SSSR count). The SMILES string of the molecule is CCCNc1cc(CCC)nc(-c2ccn(C)n2)n1. The van der Waals surface area contributed by atoms with Crippen molar-refractivity contribution in [3.05, 3.63) is 24.0 Å². The summed E-state index contributed by atoms with van der Waals surface area (Å²) in [6.07, 6.45) is 5.02. The molecule has 0 atom stereocenters. The van der Waals surface area contributed by atoms with E-state index in [-0.39, 0.29) is 0 Å². The number of nitrogens with zero attached hydrogens (tertiary/aromatic N) is 4. The molecular formula is C14H21N5. The van der Waals surface area contributed by atoms with Crippen LogP contribution in [0.4, 0.5) is 5.82 Å². The summed E-state index contributed by atoms with van der Waals surface area (Å²) in [7, 11) is 1.90. The summed E-state index contributed by atoms with van der Waals surface area (Å²) in [6.45, 7) is 5.22. The molecule has 0 amide bonds. The molecule has 0 radical (unpaired) electrons. The van der Waals surface area contributed by atoms with Crippen molar-refractivity contribution in [1.29, 1.82) is 0 Å². The van der Waals surface area contributed by atoms with Gasteiger partial charge in [0.15, 0.2) is 5.82 Å². The Morgan fingerprint density at radius 1 is 1.21 bits per heavy atom. The van der Waals surface area contributed by atoms with Crippen LogP contribution in [-0.2, 0) is 13.5 Å². The van der Waals surface area contributed by atoms with E-state index in [1.54, 1.807) is 4.68 Å². The molecule has 1 N–H and O–H groups in total. The first-order chi connectivity index (χ1) is 9.22. The number of hydrogen-bond acceptors (Lipinski definition) is 4. The van der Waals surface area contributed by atoms with Crippen LogP contribution in [0, 0.1) is 0 Å². The molecule has 0 saturated heterocycles. The molecule has 0 bridgehead atoms. The first-order valence-corrected chi connectivity index (χ1v) is 6.84. The number of nitrogens with one attached hydrogen (secondary N) is 1. The van der Waals surface area contributed by atoms with Crippen LogP contribution in [0.5, 0.6) is 0 Å². The average Bonchev–Trinajstić information content (AvgIpc) is 2.83. The van der Waals surface area contributed by atoms with Gasteiger partial charge in [-0.05, 0) is 18.9 Å². The second-order valence-corrected chi connectivity index (χ2v) is 4.62. The molecule has 0 aliphatic heterocycles. The second-order valence-electron chi connectivity index (χ2n) is 4.62. The van der Waals surface area contributed by atoms with Crippen molar-refractivity contribution in [3.8, 4) is 11.5 Å². The lowest BCUT2D eigenvalue weighted by atomic mass is 10.2. The minimum atomic E-state index is 0.699. The van der Waals surface area contributed by atoms with Gasteiger partial charge in [-0.25, -0.2) is 9.97 Å². The first kappa shape index (κ1) is 13.5. The van der Waals surface area contributed by atoms with E-state index < -0.39 is 0 Å². The summed E-state index contributed by atoms with van der Waals surface area (Å²) in [6, 6.07) is 3.97. The maximum Gasteiger partial charge on any atom is 0.182 e. The van der Waals surface area contributed by atoms with Gasteiger partial charge in [-0.2, -0.15) is 5.10 Å². The summed E-state index contributed by atoms with van der Waals surface area (Å²) < 4.78 is 1.77.